The molecule has 102 valence electrons. The van der Waals surface area contributed by atoms with E-state index in [9.17, 15) is 5.11 Å². The molecule has 1 unspecified atom stereocenters. The highest BCUT2D eigenvalue weighted by Crippen LogP contribution is 2.23. The lowest BCUT2D eigenvalue weighted by Gasteiger charge is -2.25. The van der Waals surface area contributed by atoms with Crippen LogP contribution in [0.15, 0.2) is 24.3 Å². The predicted molar refractivity (Wildman–Crippen MR) is 76.2 cm³/mol. The van der Waals surface area contributed by atoms with Crippen LogP contribution in [0.5, 0.6) is 5.75 Å². The van der Waals surface area contributed by atoms with Crippen molar-refractivity contribution in [3.63, 3.8) is 0 Å². The first-order valence-corrected chi connectivity index (χ1v) is 6.99. The van der Waals surface area contributed by atoms with E-state index in [0.29, 0.717) is 25.4 Å². The zero-order chi connectivity index (χ0) is 13.6. The van der Waals surface area contributed by atoms with Gasteiger partial charge in [-0.2, -0.15) is 0 Å². The van der Waals surface area contributed by atoms with E-state index in [2.05, 4.69) is 26.0 Å². The van der Waals surface area contributed by atoms with E-state index in [-0.39, 0.29) is 0 Å². The highest BCUT2D eigenvalue weighted by atomic mass is 16.5. The molecule has 0 fully saturated rings. The minimum absolute atomic E-state index is 0.364. The lowest BCUT2D eigenvalue weighted by molar-refractivity contribution is -0.0113. The van der Waals surface area contributed by atoms with Crippen LogP contribution in [-0.2, 0) is 0 Å². The van der Waals surface area contributed by atoms with E-state index in [4.69, 9.17) is 4.74 Å². The smallest absolute Gasteiger partial charge is 0.119 e. The van der Waals surface area contributed by atoms with Gasteiger partial charge in [-0.3, -0.25) is 0 Å². The second kappa shape index (κ2) is 6.79. The first-order chi connectivity index (χ1) is 8.54. The predicted octanol–water partition coefficient (Wildman–Crippen LogP) is 4.13. The number of hydrogen-bond acceptors (Lipinski definition) is 2. The monoisotopic (exact) mass is 250 g/mol. The molecular formula is C16H26O2. The second-order valence-corrected chi connectivity index (χ2v) is 5.10. The highest BCUT2D eigenvalue weighted by molar-refractivity contribution is 5.29. The fourth-order valence-electron chi connectivity index (χ4n) is 1.80. The molecule has 18 heavy (non-hydrogen) atoms. The van der Waals surface area contributed by atoms with Crippen LogP contribution < -0.4 is 4.74 Å². The van der Waals surface area contributed by atoms with Gasteiger partial charge in [0.1, 0.15) is 12.4 Å². The third-order valence-corrected chi connectivity index (χ3v) is 3.89. The summed E-state index contributed by atoms with van der Waals surface area (Å²) >= 11 is 0. The van der Waals surface area contributed by atoms with Crippen molar-refractivity contribution in [2.45, 2.75) is 58.5 Å². The molecule has 1 aromatic rings. The maximum Gasteiger partial charge on any atom is 0.119 e. The van der Waals surface area contributed by atoms with Crippen LogP contribution in [0, 0.1) is 0 Å². The lowest BCUT2D eigenvalue weighted by atomic mass is 9.98. The molecule has 1 N–H and O–H groups in total. The van der Waals surface area contributed by atoms with E-state index in [1.54, 1.807) is 0 Å². The Morgan fingerprint density at radius 3 is 2.11 bits per heavy atom. The SMILES string of the molecule is CCC(C)c1ccc(OCC(O)(CC)CC)cc1. The van der Waals surface area contributed by atoms with Gasteiger partial charge in [0.2, 0.25) is 0 Å². The van der Waals surface area contributed by atoms with Crippen molar-refractivity contribution in [3.8, 4) is 5.75 Å². The topological polar surface area (TPSA) is 29.5 Å². The summed E-state index contributed by atoms with van der Waals surface area (Å²) in [6.07, 6.45) is 2.58. The minimum atomic E-state index is -0.699. The van der Waals surface area contributed by atoms with Crippen LogP contribution in [0.4, 0.5) is 0 Å². The maximum absolute atomic E-state index is 10.1. The van der Waals surface area contributed by atoms with Gasteiger partial charge >= 0.3 is 0 Å². The summed E-state index contributed by atoms with van der Waals surface area (Å²) in [5.41, 5.74) is 0.640. The van der Waals surface area contributed by atoms with Gasteiger partial charge in [0, 0.05) is 0 Å². The average molecular weight is 250 g/mol. The zero-order valence-corrected chi connectivity index (χ0v) is 12.1. The summed E-state index contributed by atoms with van der Waals surface area (Å²) in [5.74, 6) is 1.42. The standard InChI is InChI=1S/C16H26O2/c1-5-13(4)14-8-10-15(11-9-14)18-12-16(17,6-2)7-3/h8-11,13,17H,5-7,12H2,1-4H3. The second-order valence-electron chi connectivity index (χ2n) is 5.10. The Kier molecular flexibility index (Phi) is 5.67. The Morgan fingerprint density at radius 2 is 1.67 bits per heavy atom. The van der Waals surface area contributed by atoms with Crippen LogP contribution in [0.25, 0.3) is 0 Å². The normalized spacial score (nSPS) is 13.4. The number of ether oxygens (including phenoxy) is 1. The van der Waals surface area contributed by atoms with Crippen LogP contribution in [0.2, 0.25) is 0 Å². The highest BCUT2D eigenvalue weighted by Gasteiger charge is 2.22. The molecule has 1 atom stereocenters. The van der Waals surface area contributed by atoms with Crippen molar-refractivity contribution in [1.82, 2.24) is 0 Å². The van der Waals surface area contributed by atoms with E-state index < -0.39 is 5.60 Å². The third-order valence-electron chi connectivity index (χ3n) is 3.89. The summed E-state index contributed by atoms with van der Waals surface area (Å²) in [4.78, 5) is 0. The lowest BCUT2D eigenvalue weighted by Crippen LogP contribution is -2.34. The molecule has 0 bridgehead atoms. The van der Waals surface area contributed by atoms with Crippen LogP contribution in [-0.4, -0.2) is 17.3 Å². The number of aliphatic hydroxyl groups is 1. The quantitative estimate of drug-likeness (QED) is 0.788. The molecule has 2 nitrogen and oxygen atoms in total. The third kappa shape index (κ3) is 4.02. The summed E-state index contributed by atoms with van der Waals surface area (Å²) in [7, 11) is 0. The molecule has 2 heteroatoms. The maximum atomic E-state index is 10.1. The Bertz CT molecular complexity index is 339. The van der Waals surface area contributed by atoms with Crippen molar-refractivity contribution < 1.29 is 9.84 Å². The van der Waals surface area contributed by atoms with Gasteiger partial charge in [-0.15, -0.1) is 0 Å². The fraction of sp³-hybridized carbons (Fsp3) is 0.625. The van der Waals surface area contributed by atoms with Crippen LogP contribution >= 0.6 is 0 Å². The van der Waals surface area contributed by atoms with Crippen molar-refractivity contribution in [1.29, 1.82) is 0 Å². The number of rotatable bonds is 7. The van der Waals surface area contributed by atoms with Crippen molar-refractivity contribution >= 4 is 0 Å². The molecular weight excluding hydrogens is 224 g/mol. The summed E-state index contributed by atoms with van der Waals surface area (Å²) in [6, 6.07) is 8.21. The molecule has 0 amide bonds. The van der Waals surface area contributed by atoms with E-state index in [0.717, 1.165) is 12.2 Å². The van der Waals surface area contributed by atoms with Gasteiger partial charge in [-0.05, 0) is 42.9 Å². The molecule has 0 heterocycles. The van der Waals surface area contributed by atoms with Gasteiger partial charge in [-0.1, -0.05) is 39.8 Å². The molecule has 0 aliphatic carbocycles. The molecule has 0 saturated carbocycles. The largest absolute Gasteiger partial charge is 0.491 e. The van der Waals surface area contributed by atoms with Gasteiger partial charge in [0.05, 0.1) is 5.60 Å². The molecule has 1 rings (SSSR count). The van der Waals surface area contributed by atoms with E-state index >= 15 is 0 Å². The van der Waals surface area contributed by atoms with Gasteiger partial charge < -0.3 is 9.84 Å². The van der Waals surface area contributed by atoms with Crippen LogP contribution in [0.3, 0.4) is 0 Å². The first-order valence-electron chi connectivity index (χ1n) is 6.99. The molecule has 0 aromatic heterocycles. The molecule has 1 aromatic carbocycles. The number of benzene rings is 1. The van der Waals surface area contributed by atoms with Gasteiger partial charge in [-0.25, -0.2) is 0 Å². The van der Waals surface area contributed by atoms with Crippen LogP contribution in [0.1, 0.15) is 58.4 Å². The number of hydrogen-bond donors (Lipinski definition) is 1. The molecule has 0 saturated heterocycles. The summed E-state index contributed by atoms with van der Waals surface area (Å²) in [6.45, 7) is 8.75. The minimum Gasteiger partial charge on any atom is -0.491 e. The first kappa shape index (κ1) is 15.0. The fourth-order valence-corrected chi connectivity index (χ4v) is 1.80. The molecule has 0 spiro atoms. The molecule has 0 radical (unpaired) electrons. The Balaban J connectivity index is 2.59. The van der Waals surface area contributed by atoms with Crippen molar-refractivity contribution in [2.75, 3.05) is 6.61 Å². The zero-order valence-electron chi connectivity index (χ0n) is 12.1. The summed E-state index contributed by atoms with van der Waals surface area (Å²) in [5, 5.41) is 10.1. The Labute approximate surface area is 111 Å². The average Bonchev–Trinajstić information content (AvgIpc) is 2.44. The Morgan fingerprint density at radius 1 is 1.11 bits per heavy atom. The van der Waals surface area contributed by atoms with Crippen molar-refractivity contribution in [2.24, 2.45) is 0 Å². The van der Waals surface area contributed by atoms with Gasteiger partial charge in [0.15, 0.2) is 0 Å². The molecule has 0 aliphatic heterocycles. The van der Waals surface area contributed by atoms with Gasteiger partial charge in [0.25, 0.3) is 0 Å². The van der Waals surface area contributed by atoms with Crippen molar-refractivity contribution in [3.05, 3.63) is 29.8 Å². The van der Waals surface area contributed by atoms with E-state index in [1.807, 2.05) is 26.0 Å². The summed E-state index contributed by atoms with van der Waals surface area (Å²) < 4.78 is 5.67. The van der Waals surface area contributed by atoms with E-state index in [1.165, 1.54) is 5.56 Å². The Hall–Kier alpha value is -1.02. The molecule has 0 aliphatic rings.